The fraction of sp³-hybridized carbons (Fsp3) is 0.977. The van der Waals surface area contributed by atoms with Crippen LogP contribution in [0.1, 0.15) is 504 Å². The molecule has 16 nitrogen and oxygen atoms in total. The number of nitrogens with one attached hydrogen (secondary N) is 4. The maximum atomic E-state index is 12.7. The van der Waals surface area contributed by atoms with E-state index in [-0.39, 0.29) is 71.9 Å². The van der Waals surface area contributed by atoms with Gasteiger partial charge in [-0.15, -0.1) is 0 Å². The molecular formula is C86H174BaN4O12S4. The first-order valence-electron chi connectivity index (χ1n) is 45.4. The zero-order chi connectivity index (χ0) is 78.7. The summed E-state index contributed by atoms with van der Waals surface area (Å²) in [5, 5.41) is 23.8. The Morgan fingerprint density at radius 1 is 0.196 bits per heavy atom. The van der Waals surface area contributed by atoms with Crippen LogP contribution in [0.25, 0.3) is 0 Å². The van der Waals surface area contributed by atoms with Crippen LogP contribution in [-0.4, -0.2) is 129 Å². The van der Waals surface area contributed by atoms with E-state index in [0.29, 0.717) is 25.7 Å². The average molecular weight is 1720 g/mol. The van der Waals surface area contributed by atoms with Gasteiger partial charge in [0.15, 0.2) is 0 Å². The number of unbranched alkanes of at least 4 members (excludes halogenated alkanes) is 68. The number of hydrogen-bond acceptors (Lipinski definition) is 12. The number of rotatable bonds is 86. The summed E-state index contributed by atoms with van der Waals surface area (Å²) in [6, 6.07) is 0. The maximum absolute atomic E-state index is 12.7. The Balaban J connectivity index is -0.00000200. The third kappa shape index (κ3) is 79.8. The van der Waals surface area contributed by atoms with Crippen LogP contribution in [0.3, 0.4) is 0 Å². The molecule has 0 rings (SSSR count). The number of sulfonamides is 4. The van der Waals surface area contributed by atoms with Crippen LogP contribution in [0, 0.1) is 0 Å². The maximum Gasteiger partial charge on any atom is 2.00 e. The van der Waals surface area contributed by atoms with Gasteiger partial charge in [0.25, 0.3) is 0 Å². The average Bonchev–Trinajstić information content (AvgIpc) is 0.819. The molecule has 0 bridgehead atoms. The molecule has 0 aliphatic heterocycles. The van der Waals surface area contributed by atoms with Crippen molar-refractivity contribution in [2.24, 2.45) is 0 Å². The molecule has 0 fully saturated rings. The van der Waals surface area contributed by atoms with Crippen molar-refractivity contribution in [1.82, 2.24) is 18.9 Å². The fourth-order valence-electron chi connectivity index (χ4n) is 14.4. The summed E-state index contributed by atoms with van der Waals surface area (Å²) in [6.07, 6.45) is 86.6. The first-order valence-corrected chi connectivity index (χ1v) is 52.1. The van der Waals surface area contributed by atoms with E-state index in [9.17, 15) is 53.5 Å². The van der Waals surface area contributed by atoms with Gasteiger partial charge < -0.3 is 19.8 Å². The zero-order valence-electron chi connectivity index (χ0n) is 71.0. The zero-order valence-corrected chi connectivity index (χ0v) is 78.7. The third-order valence-electron chi connectivity index (χ3n) is 21.3. The molecule has 0 saturated heterocycles. The largest absolute Gasteiger partial charge is 2.00 e. The molecule has 21 heteroatoms. The van der Waals surface area contributed by atoms with Crippen molar-refractivity contribution in [1.29, 1.82) is 0 Å². The number of aliphatic carboxylic acids is 2. The molecule has 4 N–H and O–H groups in total. The molecule has 0 heterocycles. The van der Waals surface area contributed by atoms with Crippen LogP contribution in [-0.2, 0) is 49.7 Å². The van der Waals surface area contributed by atoms with Crippen molar-refractivity contribution >= 4 is 101 Å². The van der Waals surface area contributed by atoms with Crippen molar-refractivity contribution in [3.8, 4) is 0 Å². The van der Waals surface area contributed by atoms with Crippen molar-refractivity contribution in [3.05, 3.63) is 0 Å². The van der Waals surface area contributed by atoms with Crippen LogP contribution in [0.5, 0.6) is 0 Å². The van der Waals surface area contributed by atoms with Crippen LogP contribution >= 0.6 is 0 Å². The second kappa shape index (κ2) is 78.7. The molecule has 0 atom stereocenters. The molecule has 636 valence electrons. The Hall–Kier alpha value is 0.151. The van der Waals surface area contributed by atoms with Gasteiger partial charge in [0.05, 0.1) is 35.0 Å². The number of carboxylic acid groups (broad SMARTS) is 2. The Labute approximate surface area is 704 Å². The van der Waals surface area contributed by atoms with Crippen LogP contribution in [0.4, 0.5) is 0 Å². The standard InChI is InChI=1S/2C43H88N2O6S2.Ba/c2*1-4-6-8-10-12-14-16-18-20-22-24-26-28-30-32-34-36-38-40-52(48,49)44-43(3,42(46)47)45-53(50,51)41-39-37-35-33-31-29-27-25-23-21-19-17-15-13-11-9-7-5-2;/h2*44-45H,4-41H2,1-3H3,(H,46,47);/q;;+2/p-2. The number of carbonyl (C=O) groups is 2. The minimum Gasteiger partial charge on any atom is -0.547 e. The van der Waals surface area contributed by atoms with E-state index in [0.717, 1.165) is 117 Å². The van der Waals surface area contributed by atoms with Gasteiger partial charge in [0.1, 0.15) is 11.3 Å². The molecule has 0 aliphatic carbocycles. The summed E-state index contributed by atoms with van der Waals surface area (Å²) < 4.78 is 110. The Kier molecular flexibility index (Phi) is 81.8. The molecule has 0 aromatic heterocycles. The van der Waals surface area contributed by atoms with E-state index < -0.39 is 63.4 Å². The Morgan fingerprint density at radius 3 is 0.364 bits per heavy atom. The quantitative estimate of drug-likeness (QED) is 0.0252. The summed E-state index contributed by atoms with van der Waals surface area (Å²) in [5.74, 6) is -4.66. The summed E-state index contributed by atoms with van der Waals surface area (Å²) in [4.78, 5) is 23.8. The molecule has 0 spiro atoms. The van der Waals surface area contributed by atoms with Crippen LogP contribution in [0.15, 0.2) is 0 Å². The minimum absolute atomic E-state index is 0. The van der Waals surface area contributed by atoms with Gasteiger partial charge in [-0.05, 0) is 39.5 Å². The summed E-state index contributed by atoms with van der Waals surface area (Å²) in [6.45, 7) is 11.0. The van der Waals surface area contributed by atoms with E-state index in [4.69, 9.17) is 0 Å². The molecule has 0 unspecified atom stereocenters. The van der Waals surface area contributed by atoms with E-state index in [1.807, 2.05) is 0 Å². The third-order valence-corrected chi connectivity index (χ3v) is 27.5. The van der Waals surface area contributed by atoms with Crippen LogP contribution < -0.4 is 29.1 Å². The van der Waals surface area contributed by atoms with Crippen molar-refractivity contribution in [3.63, 3.8) is 0 Å². The van der Waals surface area contributed by atoms with Gasteiger partial charge in [-0.2, -0.15) is 18.9 Å². The molecular weight excluding hydrogens is 1550 g/mol. The SMILES string of the molecule is CCCCCCCCCCCCCCCCCCCCS(=O)(=O)NC(C)(NS(=O)(=O)CCCCCCCCCCCCCCCCCCCC)C(=O)[O-].CCCCCCCCCCCCCCCCCCCCS(=O)(=O)NC(C)(NS(=O)(=O)CCCCCCCCCCCCCCCCCCCC)C(=O)[O-].[Ba+2]. The van der Waals surface area contributed by atoms with Gasteiger partial charge in [0.2, 0.25) is 40.1 Å². The van der Waals surface area contributed by atoms with Crippen molar-refractivity contribution in [2.45, 2.75) is 515 Å². The molecule has 0 radical (unpaired) electrons. The molecule has 0 amide bonds. The fourth-order valence-corrected chi connectivity index (χ4v) is 20.3. The van der Waals surface area contributed by atoms with Gasteiger partial charge in [0, 0.05) is 0 Å². The van der Waals surface area contributed by atoms with Gasteiger partial charge in [-0.3, -0.25) is 0 Å². The molecule has 0 aliphatic rings. The van der Waals surface area contributed by atoms with Crippen molar-refractivity contribution in [2.75, 3.05) is 23.0 Å². The van der Waals surface area contributed by atoms with E-state index >= 15 is 0 Å². The van der Waals surface area contributed by atoms with E-state index in [1.54, 1.807) is 0 Å². The molecule has 0 saturated carbocycles. The van der Waals surface area contributed by atoms with Gasteiger partial charge in [-0.25, -0.2) is 33.7 Å². The topological polar surface area (TPSA) is 265 Å². The first kappa shape index (κ1) is 111. The Morgan fingerprint density at radius 2 is 0.280 bits per heavy atom. The van der Waals surface area contributed by atoms with Crippen molar-refractivity contribution < 1.29 is 53.5 Å². The molecule has 0 aromatic carbocycles. The second-order valence-corrected chi connectivity index (χ2v) is 39.9. The predicted octanol–water partition coefficient (Wildman–Crippen LogP) is 22.4. The van der Waals surface area contributed by atoms with Gasteiger partial charge in [-0.1, -0.05) is 464 Å². The predicted molar refractivity (Wildman–Crippen MR) is 455 cm³/mol. The number of hydrogen-bond donors (Lipinski definition) is 4. The molecule has 0 aromatic rings. The first-order chi connectivity index (χ1) is 51.0. The van der Waals surface area contributed by atoms with E-state index in [2.05, 4.69) is 46.6 Å². The monoisotopic (exact) mass is 1720 g/mol. The normalized spacial score (nSPS) is 12.4. The van der Waals surface area contributed by atoms with Crippen LogP contribution in [0.2, 0.25) is 0 Å². The van der Waals surface area contributed by atoms with E-state index in [1.165, 1.54) is 334 Å². The molecule has 107 heavy (non-hydrogen) atoms. The number of carbonyl (C=O) groups excluding carboxylic acids is 2. The smallest absolute Gasteiger partial charge is 0.547 e. The second-order valence-electron chi connectivity index (χ2n) is 32.6. The Bertz CT molecular complexity index is 2100. The summed E-state index contributed by atoms with van der Waals surface area (Å²) in [7, 11) is -16.1. The summed E-state index contributed by atoms with van der Waals surface area (Å²) in [5.41, 5.74) is -4.86. The number of carboxylic acids is 2. The minimum atomic E-state index is -4.03. The van der Waals surface area contributed by atoms with Gasteiger partial charge >= 0.3 is 48.9 Å². The summed E-state index contributed by atoms with van der Waals surface area (Å²) >= 11 is 0.